The van der Waals surface area contributed by atoms with Gasteiger partial charge in [-0.3, -0.25) is 0 Å². The van der Waals surface area contributed by atoms with E-state index in [0.717, 1.165) is 12.8 Å². The Kier molecular flexibility index (Phi) is 2.28. The molecule has 0 aromatic heterocycles. The first-order chi connectivity index (χ1) is 6.53. The summed E-state index contributed by atoms with van der Waals surface area (Å²) >= 11 is 5.81. The highest BCUT2D eigenvalue weighted by Crippen LogP contribution is 2.53. The maximum absolute atomic E-state index is 13.4. The molecule has 3 heteroatoms. The highest BCUT2D eigenvalue weighted by Gasteiger charge is 2.44. The molecule has 1 unspecified atom stereocenters. The number of nitrogens with two attached hydrogens (primary N) is 1. The molecule has 0 saturated heterocycles. The van der Waals surface area contributed by atoms with Gasteiger partial charge in [-0.15, -0.1) is 0 Å². The van der Waals surface area contributed by atoms with Crippen LogP contribution in [0.5, 0.6) is 0 Å². The van der Waals surface area contributed by atoms with E-state index < -0.39 is 0 Å². The Bertz CT molecular complexity index is 360. The Morgan fingerprint density at radius 3 is 2.71 bits per heavy atom. The third-order valence-corrected chi connectivity index (χ3v) is 3.32. The number of benzene rings is 1. The molecule has 0 heterocycles. The van der Waals surface area contributed by atoms with Gasteiger partial charge in [-0.25, -0.2) is 4.39 Å². The Hall–Kier alpha value is -0.600. The highest BCUT2D eigenvalue weighted by atomic mass is 35.5. The number of rotatable bonds is 2. The highest BCUT2D eigenvalue weighted by molar-refractivity contribution is 6.30. The molecular weight excluding hydrogens is 201 g/mol. The molecule has 2 N–H and O–H groups in total. The van der Waals surface area contributed by atoms with E-state index in [1.54, 1.807) is 12.1 Å². The third-order valence-electron chi connectivity index (χ3n) is 3.08. The van der Waals surface area contributed by atoms with Gasteiger partial charge in [0.05, 0.1) is 0 Å². The quantitative estimate of drug-likeness (QED) is 0.802. The fourth-order valence-electron chi connectivity index (χ4n) is 1.64. The standard InChI is InChI=1S/C11H13ClFN/c1-11(4-5-11)10(14)8-6-7(12)2-3-9(8)13/h2-3,6,10H,4-5,14H2,1H3. The molecule has 1 fully saturated rings. The van der Waals surface area contributed by atoms with Crippen molar-refractivity contribution in [2.75, 3.05) is 0 Å². The van der Waals surface area contributed by atoms with E-state index in [0.29, 0.717) is 10.6 Å². The van der Waals surface area contributed by atoms with Gasteiger partial charge in [-0.05, 0) is 36.5 Å². The topological polar surface area (TPSA) is 26.0 Å². The largest absolute Gasteiger partial charge is 0.323 e. The fourth-order valence-corrected chi connectivity index (χ4v) is 1.82. The summed E-state index contributed by atoms with van der Waals surface area (Å²) in [5, 5.41) is 0.543. The van der Waals surface area contributed by atoms with E-state index in [-0.39, 0.29) is 17.3 Å². The van der Waals surface area contributed by atoms with Crippen molar-refractivity contribution in [1.82, 2.24) is 0 Å². The van der Waals surface area contributed by atoms with Gasteiger partial charge in [0.15, 0.2) is 0 Å². The molecule has 2 rings (SSSR count). The van der Waals surface area contributed by atoms with Gasteiger partial charge in [0.25, 0.3) is 0 Å². The lowest BCUT2D eigenvalue weighted by atomic mass is 9.92. The first-order valence-electron chi connectivity index (χ1n) is 4.73. The summed E-state index contributed by atoms with van der Waals surface area (Å²) in [6, 6.07) is 4.32. The smallest absolute Gasteiger partial charge is 0.128 e. The second-order valence-electron chi connectivity index (χ2n) is 4.30. The van der Waals surface area contributed by atoms with Crippen molar-refractivity contribution in [3.8, 4) is 0 Å². The van der Waals surface area contributed by atoms with Gasteiger partial charge in [-0.2, -0.15) is 0 Å². The van der Waals surface area contributed by atoms with Crippen molar-refractivity contribution in [3.63, 3.8) is 0 Å². The van der Waals surface area contributed by atoms with E-state index in [9.17, 15) is 4.39 Å². The minimum atomic E-state index is -0.255. The van der Waals surface area contributed by atoms with E-state index in [1.807, 2.05) is 0 Å². The van der Waals surface area contributed by atoms with Gasteiger partial charge in [0.1, 0.15) is 5.82 Å². The monoisotopic (exact) mass is 213 g/mol. The second-order valence-corrected chi connectivity index (χ2v) is 4.73. The molecular formula is C11H13ClFN. The molecule has 0 radical (unpaired) electrons. The molecule has 1 saturated carbocycles. The molecule has 0 aliphatic heterocycles. The van der Waals surface area contributed by atoms with Gasteiger partial charge in [-0.1, -0.05) is 18.5 Å². The SMILES string of the molecule is CC1(C(N)c2cc(Cl)ccc2F)CC1. The minimum absolute atomic E-state index is 0.0749. The van der Waals surface area contributed by atoms with Gasteiger partial charge >= 0.3 is 0 Å². The lowest BCUT2D eigenvalue weighted by Crippen LogP contribution is -2.21. The molecule has 14 heavy (non-hydrogen) atoms. The lowest BCUT2D eigenvalue weighted by Gasteiger charge is -2.19. The van der Waals surface area contributed by atoms with E-state index in [2.05, 4.69) is 6.92 Å². The van der Waals surface area contributed by atoms with Gasteiger partial charge < -0.3 is 5.73 Å². The summed E-state index contributed by atoms with van der Waals surface area (Å²) in [4.78, 5) is 0. The Morgan fingerprint density at radius 1 is 1.50 bits per heavy atom. The normalized spacial score (nSPS) is 20.6. The molecule has 1 aromatic rings. The molecule has 0 bridgehead atoms. The third kappa shape index (κ3) is 1.64. The Labute approximate surface area is 88.1 Å². The predicted molar refractivity (Wildman–Crippen MR) is 55.7 cm³/mol. The average Bonchev–Trinajstić information content (AvgIpc) is 2.88. The molecule has 1 nitrogen and oxygen atoms in total. The van der Waals surface area contributed by atoms with Crippen molar-refractivity contribution < 1.29 is 4.39 Å². The lowest BCUT2D eigenvalue weighted by molar-refractivity contribution is 0.432. The Balaban J connectivity index is 2.35. The summed E-state index contributed by atoms with van der Waals surface area (Å²) in [6.45, 7) is 2.08. The summed E-state index contributed by atoms with van der Waals surface area (Å²) < 4.78 is 13.4. The minimum Gasteiger partial charge on any atom is -0.323 e. The van der Waals surface area contributed by atoms with E-state index >= 15 is 0 Å². The average molecular weight is 214 g/mol. The number of hydrogen-bond acceptors (Lipinski definition) is 1. The van der Waals surface area contributed by atoms with Crippen LogP contribution in [-0.4, -0.2) is 0 Å². The van der Waals surface area contributed by atoms with Gasteiger partial charge in [0.2, 0.25) is 0 Å². The van der Waals surface area contributed by atoms with Crippen LogP contribution in [0, 0.1) is 11.2 Å². The van der Waals surface area contributed by atoms with Crippen LogP contribution in [0.15, 0.2) is 18.2 Å². The van der Waals surface area contributed by atoms with Crippen LogP contribution < -0.4 is 5.73 Å². The van der Waals surface area contributed by atoms with Crippen LogP contribution in [0.3, 0.4) is 0 Å². The molecule has 0 spiro atoms. The van der Waals surface area contributed by atoms with Crippen molar-refractivity contribution in [2.24, 2.45) is 11.1 Å². The number of hydrogen-bond donors (Lipinski definition) is 1. The van der Waals surface area contributed by atoms with Crippen molar-refractivity contribution in [2.45, 2.75) is 25.8 Å². The second kappa shape index (κ2) is 3.21. The molecule has 1 aliphatic carbocycles. The van der Waals surface area contributed by atoms with Crippen LogP contribution in [0.25, 0.3) is 0 Å². The van der Waals surface area contributed by atoms with Crippen LogP contribution in [-0.2, 0) is 0 Å². The van der Waals surface area contributed by atoms with Crippen molar-refractivity contribution in [3.05, 3.63) is 34.6 Å². The Morgan fingerprint density at radius 2 is 2.14 bits per heavy atom. The molecule has 1 aliphatic rings. The summed E-state index contributed by atoms with van der Waals surface area (Å²) in [5.74, 6) is -0.255. The van der Waals surface area contributed by atoms with Crippen LogP contribution >= 0.6 is 11.6 Å². The van der Waals surface area contributed by atoms with Gasteiger partial charge in [0, 0.05) is 16.6 Å². The van der Waals surface area contributed by atoms with Crippen LogP contribution in [0.4, 0.5) is 4.39 Å². The zero-order chi connectivity index (χ0) is 10.3. The zero-order valence-electron chi connectivity index (χ0n) is 8.06. The maximum atomic E-state index is 13.4. The maximum Gasteiger partial charge on any atom is 0.128 e. The molecule has 1 aromatic carbocycles. The first-order valence-corrected chi connectivity index (χ1v) is 5.11. The fraction of sp³-hybridized carbons (Fsp3) is 0.455. The molecule has 1 atom stereocenters. The summed E-state index contributed by atoms with van der Waals surface area (Å²) in [6.07, 6.45) is 2.14. The van der Waals surface area contributed by atoms with Crippen LogP contribution in [0.2, 0.25) is 5.02 Å². The molecule has 0 amide bonds. The first kappa shape index (κ1) is 9.94. The summed E-state index contributed by atoms with van der Waals surface area (Å²) in [7, 11) is 0. The summed E-state index contributed by atoms with van der Waals surface area (Å²) in [5.41, 5.74) is 6.62. The van der Waals surface area contributed by atoms with Crippen molar-refractivity contribution >= 4 is 11.6 Å². The zero-order valence-corrected chi connectivity index (χ0v) is 8.81. The van der Waals surface area contributed by atoms with Crippen molar-refractivity contribution in [1.29, 1.82) is 0 Å². The van der Waals surface area contributed by atoms with E-state index in [1.165, 1.54) is 6.07 Å². The number of halogens is 2. The van der Waals surface area contributed by atoms with Crippen LogP contribution in [0.1, 0.15) is 31.4 Å². The molecule has 76 valence electrons. The van der Waals surface area contributed by atoms with E-state index in [4.69, 9.17) is 17.3 Å². The predicted octanol–water partition coefficient (Wildman–Crippen LogP) is 3.28.